The summed E-state index contributed by atoms with van der Waals surface area (Å²) < 4.78 is 0. The van der Waals surface area contributed by atoms with E-state index < -0.39 is 0 Å². The lowest BCUT2D eigenvalue weighted by Crippen LogP contribution is -2.07. The third-order valence-corrected chi connectivity index (χ3v) is 4.23. The minimum absolute atomic E-state index is 0.299. The van der Waals surface area contributed by atoms with E-state index in [0.29, 0.717) is 12.0 Å². The summed E-state index contributed by atoms with van der Waals surface area (Å²) in [5.74, 6) is 0.575. The Labute approximate surface area is 132 Å². The molecule has 0 N–H and O–H groups in total. The molecule has 0 saturated heterocycles. The predicted octanol–water partition coefficient (Wildman–Crippen LogP) is 4.66. The molecule has 0 bridgehead atoms. The third-order valence-electron chi connectivity index (χ3n) is 4.23. The second-order valence-electron chi connectivity index (χ2n) is 5.86. The summed E-state index contributed by atoms with van der Waals surface area (Å²) >= 11 is 0. The van der Waals surface area contributed by atoms with Crippen molar-refractivity contribution in [3.8, 4) is 0 Å². The van der Waals surface area contributed by atoms with Crippen molar-refractivity contribution in [2.45, 2.75) is 37.6 Å². The molecule has 0 radical (unpaired) electrons. The molecule has 22 heavy (non-hydrogen) atoms. The van der Waals surface area contributed by atoms with Crippen molar-refractivity contribution in [3.63, 3.8) is 0 Å². The molecular formula is C20H22N2. The smallest absolute Gasteiger partial charge is 0.110 e. The molecule has 1 heterocycles. The van der Waals surface area contributed by atoms with Crippen LogP contribution in [0.2, 0.25) is 0 Å². The molecule has 3 rings (SSSR count). The van der Waals surface area contributed by atoms with Gasteiger partial charge in [-0.05, 0) is 36.3 Å². The van der Waals surface area contributed by atoms with Crippen LogP contribution in [-0.4, -0.2) is 18.6 Å². The second-order valence-corrected chi connectivity index (χ2v) is 5.86. The van der Waals surface area contributed by atoms with Gasteiger partial charge in [-0.25, -0.2) is 4.99 Å². The van der Waals surface area contributed by atoms with Gasteiger partial charge in [0.15, 0.2) is 0 Å². The van der Waals surface area contributed by atoms with Crippen LogP contribution in [0.4, 0.5) is 0 Å². The van der Waals surface area contributed by atoms with Gasteiger partial charge in [0.1, 0.15) is 6.34 Å². The van der Waals surface area contributed by atoms with Crippen molar-refractivity contribution in [3.05, 3.63) is 71.8 Å². The largest absolute Gasteiger partial charge is 0.264 e. The van der Waals surface area contributed by atoms with Crippen molar-refractivity contribution >= 4 is 12.6 Å². The summed E-state index contributed by atoms with van der Waals surface area (Å²) in [6.07, 6.45) is 8.20. The Morgan fingerprint density at radius 3 is 2.32 bits per heavy atom. The highest BCUT2D eigenvalue weighted by molar-refractivity contribution is 5.82. The molecule has 0 aliphatic carbocycles. The molecule has 1 aliphatic heterocycles. The number of nitrogens with zero attached hydrogens (tertiary/aromatic N) is 2. The van der Waals surface area contributed by atoms with Gasteiger partial charge in [0.25, 0.3) is 0 Å². The maximum Gasteiger partial charge on any atom is 0.110 e. The molecule has 0 amide bonds. The first-order valence-corrected chi connectivity index (χ1v) is 8.05. The Hall–Kier alpha value is -2.22. The van der Waals surface area contributed by atoms with Crippen LogP contribution in [0.3, 0.4) is 0 Å². The molecule has 2 atom stereocenters. The molecule has 0 fully saturated rings. The molecule has 0 aromatic heterocycles. The Morgan fingerprint density at radius 2 is 1.64 bits per heavy atom. The van der Waals surface area contributed by atoms with Crippen LogP contribution in [0.25, 0.3) is 0 Å². The maximum atomic E-state index is 4.34. The summed E-state index contributed by atoms with van der Waals surface area (Å²) in [5, 5.41) is 0. The van der Waals surface area contributed by atoms with Crippen molar-refractivity contribution in [2.75, 3.05) is 0 Å². The normalized spacial score (nSPS) is 17.7. The Morgan fingerprint density at radius 1 is 0.909 bits per heavy atom. The number of benzene rings is 2. The highest BCUT2D eigenvalue weighted by Crippen LogP contribution is 2.27. The topological polar surface area (TPSA) is 24.7 Å². The fourth-order valence-electron chi connectivity index (χ4n) is 3.03. The average molecular weight is 290 g/mol. The van der Waals surface area contributed by atoms with Crippen LogP contribution >= 0.6 is 0 Å². The lowest BCUT2D eigenvalue weighted by Gasteiger charge is -2.18. The summed E-state index contributed by atoms with van der Waals surface area (Å²) in [6.45, 7) is 0. The van der Waals surface area contributed by atoms with E-state index in [1.807, 2.05) is 6.21 Å². The summed E-state index contributed by atoms with van der Waals surface area (Å²) in [5.41, 5.74) is 2.85. The van der Waals surface area contributed by atoms with E-state index in [9.17, 15) is 0 Å². The number of aliphatic imine (C=N–C) groups is 2. The lowest BCUT2D eigenvalue weighted by molar-refractivity contribution is 0.560. The number of hydrogen-bond donors (Lipinski definition) is 0. The van der Waals surface area contributed by atoms with Crippen LogP contribution in [-0.2, 0) is 6.42 Å². The molecule has 2 aromatic carbocycles. The first-order valence-electron chi connectivity index (χ1n) is 8.05. The minimum atomic E-state index is 0.299. The van der Waals surface area contributed by atoms with E-state index in [1.54, 1.807) is 6.34 Å². The average Bonchev–Trinajstić information content (AvgIpc) is 3.09. The van der Waals surface area contributed by atoms with Gasteiger partial charge in [0.2, 0.25) is 0 Å². The first kappa shape index (κ1) is 14.7. The molecule has 0 saturated carbocycles. The third kappa shape index (κ3) is 4.14. The molecular weight excluding hydrogens is 268 g/mol. The van der Waals surface area contributed by atoms with Gasteiger partial charge in [0.05, 0.1) is 6.04 Å². The quantitative estimate of drug-likeness (QED) is 0.708. The van der Waals surface area contributed by atoms with Gasteiger partial charge in [-0.1, -0.05) is 67.1 Å². The molecule has 112 valence electrons. The standard InChI is InChI=1S/C20H22N2/c1-3-8-17(9-4-1)14-19(18-10-5-2-6-11-18)12-7-13-20-15-21-16-22-20/h1-6,8-11,15-16,19-20H,7,12-14H2. The van der Waals surface area contributed by atoms with Gasteiger partial charge in [-0.15, -0.1) is 0 Å². The van der Waals surface area contributed by atoms with Crippen LogP contribution in [0.1, 0.15) is 36.3 Å². The number of rotatable bonds is 7. The Balaban J connectivity index is 1.63. The Bertz CT molecular complexity index is 605. The molecule has 2 heteroatoms. The predicted molar refractivity (Wildman–Crippen MR) is 94.0 cm³/mol. The molecule has 2 nitrogen and oxygen atoms in total. The number of hydrogen-bond acceptors (Lipinski definition) is 2. The minimum Gasteiger partial charge on any atom is -0.264 e. The van der Waals surface area contributed by atoms with E-state index in [-0.39, 0.29) is 0 Å². The van der Waals surface area contributed by atoms with Gasteiger partial charge >= 0.3 is 0 Å². The van der Waals surface area contributed by atoms with Crippen molar-refractivity contribution < 1.29 is 0 Å². The highest BCUT2D eigenvalue weighted by atomic mass is 14.9. The van der Waals surface area contributed by atoms with Crippen LogP contribution < -0.4 is 0 Å². The Kier molecular flexibility index (Phi) is 5.14. The SMILES string of the molecule is C1=NC=NC1CCCC(Cc1ccccc1)c1ccccc1. The summed E-state index contributed by atoms with van der Waals surface area (Å²) in [7, 11) is 0. The van der Waals surface area contributed by atoms with Crippen molar-refractivity contribution in [1.29, 1.82) is 0 Å². The van der Waals surface area contributed by atoms with Gasteiger partial charge in [-0.3, -0.25) is 4.99 Å². The first-order chi connectivity index (χ1) is 10.9. The molecule has 1 aliphatic rings. The van der Waals surface area contributed by atoms with Crippen LogP contribution in [0.15, 0.2) is 70.6 Å². The monoisotopic (exact) mass is 290 g/mol. The van der Waals surface area contributed by atoms with Crippen LogP contribution in [0, 0.1) is 0 Å². The lowest BCUT2D eigenvalue weighted by atomic mass is 9.87. The maximum absolute atomic E-state index is 4.34. The van der Waals surface area contributed by atoms with E-state index in [1.165, 1.54) is 24.0 Å². The second kappa shape index (κ2) is 7.69. The molecule has 2 aromatic rings. The van der Waals surface area contributed by atoms with E-state index in [2.05, 4.69) is 70.6 Å². The highest BCUT2D eigenvalue weighted by Gasteiger charge is 2.14. The summed E-state index contributed by atoms with van der Waals surface area (Å²) in [4.78, 5) is 8.41. The van der Waals surface area contributed by atoms with Crippen molar-refractivity contribution in [1.82, 2.24) is 0 Å². The molecule has 2 unspecified atom stereocenters. The van der Waals surface area contributed by atoms with Gasteiger partial charge in [0, 0.05) is 6.21 Å². The zero-order valence-corrected chi connectivity index (χ0v) is 12.8. The van der Waals surface area contributed by atoms with E-state index >= 15 is 0 Å². The zero-order chi connectivity index (χ0) is 15.0. The zero-order valence-electron chi connectivity index (χ0n) is 12.8. The van der Waals surface area contributed by atoms with Crippen LogP contribution in [0.5, 0.6) is 0 Å². The summed E-state index contributed by atoms with van der Waals surface area (Å²) in [6, 6.07) is 22.0. The fraction of sp³-hybridized carbons (Fsp3) is 0.300. The fourth-order valence-corrected chi connectivity index (χ4v) is 3.03. The van der Waals surface area contributed by atoms with E-state index in [0.717, 1.165) is 12.8 Å². The van der Waals surface area contributed by atoms with E-state index in [4.69, 9.17) is 0 Å². The van der Waals surface area contributed by atoms with Gasteiger partial charge in [-0.2, -0.15) is 0 Å². The van der Waals surface area contributed by atoms with Gasteiger partial charge < -0.3 is 0 Å². The molecule has 0 spiro atoms. The van der Waals surface area contributed by atoms with Crippen molar-refractivity contribution in [2.24, 2.45) is 9.98 Å².